The molecule has 0 saturated carbocycles. The maximum Gasteiger partial charge on any atom is 0.227 e. The first kappa shape index (κ1) is 21.5. The van der Waals surface area contributed by atoms with E-state index in [2.05, 4.69) is 39.1 Å². The molecule has 0 radical (unpaired) electrons. The average Bonchev–Trinajstić information content (AvgIpc) is 3.19. The molecule has 1 saturated heterocycles. The van der Waals surface area contributed by atoms with Gasteiger partial charge in [-0.25, -0.2) is 0 Å². The maximum absolute atomic E-state index is 12.6. The van der Waals surface area contributed by atoms with Gasteiger partial charge in [0.1, 0.15) is 5.50 Å². The summed E-state index contributed by atoms with van der Waals surface area (Å²) in [6.07, 6.45) is 2.92. The second-order valence-corrected chi connectivity index (χ2v) is 9.00. The van der Waals surface area contributed by atoms with Crippen molar-refractivity contribution in [1.29, 1.82) is 0 Å². The van der Waals surface area contributed by atoms with E-state index in [0.717, 1.165) is 17.7 Å². The summed E-state index contributed by atoms with van der Waals surface area (Å²) in [5, 5.41) is 10.6. The Morgan fingerprint density at radius 1 is 1.10 bits per heavy atom. The highest BCUT2D eigenvalue weighted by Gasteiger charge is 2.34. The fraction of sp³-hybridized carbons (Fsp3) is 0.333. The van der Waals surface area contributed by atoms with Gasteiger partial charge in [0, 0.05) is 41.9 Å². The monoisotopic (exact) mass is 436 g/mol. The molecule has 1 fully saturated rings. The third kappa shape index (κ3) is 5.48. The molecule has 31 heavy (non-hydrogen) atoms. The number of carbonyl (C=O) groups excluding carboxylic acids is 2. The SMILES string of the molecule is CC1NC(SCc2ccccc2)NC(=O)C1CC(=O)NCCc1c[nH]c2ccccc12. The third-order valence-electron chi connectivity index (χ3n) is 5.68. The molecular weight excluding hydrogens is 408 g/mol. The van der Waals surface area contributed by atoms with E-state index in [9.17, 15) is 9.59 Å². The average molecular weight is 437 g/mol. The quantitative estimate of drug-likeness (QED) is 0.437. The Morgan fingerprint density at radius 2 is 1.87 bits per heavy atom. The topological polar surface area (TPSA) is 86.0 Å². The third-order valence-corrected chi connectivity index (χ3v) is 6.77. The first-order valence-corrected chi connectivity index (χ1v) is 11.7. The van der Waals surface area contributed by atoms with Crippen molar-refractivity contribution in [2.24, 2.45) is 5.92 Å². The van der Waals surface area contributed by atoms with Crippen molar-refractivity contribution in [3.05, 3.63) is 71.9 Å². The van der Waals surface area contributed by atoms with E-state index in [1.54, 1.807) is 11.8 Å². The van der Waals surface area contributed by atoms with Crippen LogP contribution >= 0.6 is 11.8 Å². The Balaban J connectivity index is 1.22. The number of amides is 2. The van der Waals surface area contributed by atoms with E-state index in [-0.39, 0.29) is 35.7 Å². The fourth-order valence-corrected chi connectivity index (χ4v) is 4.98. The molecule has 6 nitrogen and oxygen atoms in total. The summed E-state index contributed by atoms with van der Waals surface area (Å²) in [7, 11) is 0. The van der Waals surface area contributed by atoms with Gasteiger partial charge < -0.3 is 15.6 Å². The van der Waals surface area contributed by atoms with E-state index >= 15 is 0 Å². The summed E-state index contributed by atoms with van der Waals surface area (Å²) in [5.41, 5.74) is 3.35. The minimum absolute atomic E-state index is 0.0661. The number of H-pyrrole nitrogens is 1. The minimum atomic E-state index is -0.373. The number of rotatable bonds is 8. The molecule has 3 atom stereocenters. The van der Waals surface area contributed by atoms with Gasteiger partial charge in [-0.05, 0) is 30.5 Å². The standard InChI is InChI=1S/C24H28N4O2S/c1-16-20(23(30)28-24(27-16)31-15-17-7-3-2-4-8-17)13-22(29)25-12-11-18-14-26-21-10-6-5-9-19(18)21/h2-10,14,16,20,24,26-27H,11-13,15H2,1H3,(H,25,29)(H,28,30). The second-order valence-electron chi connectivity index (χ2n) is 7.91. The lowest BCUT2D eigenvalue weighted by atomic mass is 9.94. The Hall–Kier alpha value is -2.77. The molecule has 2 aromatic carbocycles. The summed E-state index contributed by atoms with van der Waals surface area (Å²) >= 11 is 1.65. The number of thioether (sulfide) groups is 1. The number of fused-ring (bicyclic) bond motifs is 1. The molecule has 1 aliphatic rings. The van der Waals surface area contributed by atoms with Crippen molar-refractivity contribution < 1.29 is 9.59 Å². The molecule has 4 N–H and O–H groups in total. The van der Waals surface area contributed by atoms with Crippen molar-refractivity contribution in [2.45, 2.75) is 37.1 Å². The molecule has 3 unspecified atom stereocenters. The smallest absolute Gasteiger partial charge is 0.227 e. The number of benzene rings is 2. The van der Waals surface area contributed by atoms with Gasteiger partial charge in [0.05, 0.1) is 5.92 Å². The molecule has 2 amide bonds. The Kier molecular flexibility index (Phi) is 6.94. The molecule has 0 bridgehead atoms. The normalized spacial score (nSPS) is 21.1. The molecule has 162 valence electrons. The molecule has 7 heteroatoms. The number of para-hydroxylation sites is 1. The molecule has 1 aliphatic heterocycles. The summed E-state index contributed by atoms with van der Waals surface area (Å²) in [6.45, 7) is 2.52. The second kappa shape index (κ2) is 10.0. The first-order chi connectivity index (χ1) is 15.1. The molecule has 0 aliphatic carbocycles. The van der Waals surface area contributed by atoms with Gasteiger partial charge in [0.15, 0.2) is 0 Å². The molecule has 1 aromatic heterocycles. The molecule has 2 heterocycles. The number of aromatic amines is 1. The number of hydrogen-bond acceptors (Lipinski definition) is 4. The first-order valence-electron chi connectivity index (χ1n) is 10.6. The van der Waals surface area contributed by atoms with Gasteiger partial charge in [-0.15, -0.1) is 11.8 Å². The van der Waals surface area contributed by atoms with Crippen molar-refractivity contribution >= 4 is 34.5 Å². The van der Waals surface area contributed by atoms with Crippen LogP contribution in [-0.4, -0.2) is 34.9 Å². The molecule has 4 rings (SSSR count). The zero-order valence-corrected chi connectivity index (χ0v) is 18.4. The predicted molar refractivity (Wildman–Crippen MR) is 125 cm³/mol. The number of hydrogen-bond donors (Lipinski definition) is 4. The van der Waals surface area contributed by atoms with Crippen LogP contribution in [0.15, 0.2) is 60.8 Å². The van der Waals surface area contributed by atoms with Crippen LogP contribution < -0.4 is 16.0 Å². The predicted octanol–water partition coefficient (Wildman–Crippen LogP) is 3.16. The summed E-state index contributed by atoms with van der Waals surface area (Å²) in [6, 6.07) is 18.2. The lowest BCUT2D eigenvalue weighted by Gasteiger charge is -2.35. The summed E-state index contributed by atoms with van der Waals surface area (Å²) in [5.74, 6) is 0.277. The van der Waals surface area contributed by atoms with Gasteiger partial charge in [-0.3, -0.25) is 14.9 Å². The highest BCUT2D eigenvalue weighted by atomic mass is 32.2. The fourth-order valence-electron chi connectivity index (χ4n) is 3.92. The Labute approximate surface area is 186 Å². The zero-order valence-electron chi connectivity index (χ0n) is 17.6. The van der Waals surface area contributed by atoms with E-state index in [4.69, 9.17) is 0 Å². The highest BCUT2D eigenvalue weighted by molar-refractivity contribution is 7.99. The Bertz CT molecular complexity index is 1040. The van der Waals surface area contributed by atoms with Crippen molar-refractivity contribution in [2.75, 3.05) is 6.54 Å². The lowest BCUT2D eigenvalue weighted by molar-refractivity contribution is -0.133. The van der Waals surface area contributed by atoms with E-state index in [0.29, 0.717) is 6.54 Å². The van der Waals surface area contributed by atoms with Crippen molar-refractivity contribution in [3.8, 4) is 0 Å². The summed E-state index contributed by atoms with van der Waals surface area (Å²) in [4.78, 5) is 28.3. The van der Waals surface area contributed by atoms with Crippen LogP contribution in [0.5, 0.6) is 0 Å². The summed E-state index contributed by atoms with van der Waals surface area (Å²) < 4.78 is 0. The molecule has 3 aromatic rings. The zero-order chi connectivity index (χ0) is 21.6. The van der Waals surface area contributed by atoms with Crippen LogP contribution in [0, 0.1) is 5.92 Å². The maximum atomic E-state index is 12.6. The van der Waals surface area contributed by atoms with Gasteiger partial charge in [-0.1, -0.05) is 48.5 Å². The number of nitrogens with one attached hydrogen (secondary N) is 4. The van der Waals surface area contributed by atoms with Crippen LogP contribution in [0.25, 0.3) is 10.9 Å². The van der Waals surface area contributed by atoms with Gasteiger partial charge in [-0.2, -0.15) is 0 Å². The van der Waals surface area contributed by atoms with Crippen molar-refractivity contribution in [1.82, 2.24) is 20.9 Å². The molecule has 0 spiro atoms. The van der Waals surface area contributed by atoms with Crippen molar-refractivity contribution in [3.63, 3.8) is 0 Å². The minimum Gasteiger partial charge on any atom is -0.361 e. The van der Waals surface area contributed by atoms with Crippen LogP contribution in [0.1, 0.15) is 24.5 Å². The van der Waals surface area contributed by atoms with E-state index in [1.165, 1.54) is 16.5 Å². The van der Waals surface area contributed by atoms with Crippen LogP contribution in [0.3, 0.4) is 0 Å². The van der Waals surface area contributed by atoms with Gasteiger partial charge >= 0.3 is 0 Å². The van der Waals surface area contributed by atoms with Crippen LogP contribution in [0.4, 0.5) is 0 Å². The largest absolute Gasteiger partial charge is 0.361 e. The van der Waals surface area contributed by atoms with E-state index < -0.39 is 0 Å². The number of aromatic nitrogens is 1. The van der Waals surface area contributed by atoms with Crippen LogP contribution in [0.2, 0.25) is 0 Å². The highest BCUT2D eigenvalue weighted by Crippen LogP contribution is 2.22. The van der Waals surface area contributed by atoms with E-state index in [1.807, 2.05) is 49.5 Å². The number of carbonyl (C=O) groups is 2. The van der Waals surface area contributed by atoms with Crippen LogP contribution in [-0.2, 0) is 21.8 Å². The molecular formula is C24H28N4O2S. The Morgan fingerprint density at radius 3 is 2.68 bits per heavy atom. The van der Waals surface area contributed by atoms with Gasteiger partial charge in [0.25, 0.3) is 0 Å². The lowest BCUT2D eigenvalue weighted by Crippen LogP contribution is -2.59. The van der Waals surface area contributed by atoms with Gasteiger partial charge in [0.2, 0.25) is 11.8 Å².